The minimum Gasteiger partial charge on any atom is -0.243 e. The normalized spacial score (nSPS) is 15.0. The second kappa shape index (κ2) is 2.94. The van der Waals surface area contributed by atoms with Crippen molar-refractivity contribution in [2.75, 3.05) is 6.67 Å². The maximum absolute atomic E-state index is 11.4. The lowest BCUT2D eigenvalue weighted by Crippen LogP contribution is -2.09. The van der Waals surface area contributed by atoms with E-state index in [-0.39, 0.29) is 0 Å². The summed E-state index contributed by atoms with van der Waals surface area (Å²) in [5.41, 5.74) is 0. The number of hydrogen-bond donors (Lipinski definition) is 0. The molecular weight excluding hydrogens is 162 g/mol. The van der Waals surface area contributed by atoms with Crippen LogP contribution in [0.2, 0.25) is 0 Å². The van der Waals surface area contributed by atoms with Crippen LogP contribution < -0.4 is 0 Å². The van der Waals surface area contributed by atoms with Crippen molar-refractivity contribution in [3.05, 3.63) is 11.7 Å². The smallest absolute Gasteiger partial charge is 0.243 e. The molecule has 0 heterocycles. The van der Waals surface area contributed by atoms with E-state index >= 15 is 0 Å². The first kappa shape index (κ1) is 9.32. The van der Waals surface area contributed by atoms with Crippen LogP contribution in [0.25, 0.3) is 0 Å². The summed E-state index contributed by atoms with van der Waals surface area (Å²) >= 11 is 0. The molecule has 0 fully saturated rings. The molecule has 0 aliphatic heterocycles. The van der Waals surface area contributed by atoms with Gasteiger partial charge in [-0.3, -0.25) is 0 Å². The van der Waals surface area contributed by atoms with Crippen molar-refractivity contribution in [3.63, 3.8) is 0 Å². The van der Waals surface area contributed by atoms with E-state index in [9.17, 15) is 26.3 Å². The molecule has 0 aromatic heterocycles. The molecule has 0 spiro atoms. The molecule has 0 amide bonds. The predicted octanol–water partition coefficient (Wildman–Crippen LogP) is 2.67. The highest BCUT2D eigenvalue weighted by atomic mass is 19.4. The van der Waals surface area contributed by atoms with Crippen molar-refractivity contribution in [1.29, 1.82) is 0 Å². The SMILES string of the molecule is FC/C(F)=C(\F)C(F)(F)F. The van der Waals surface area contributed by atoms with Crippen molar-refractivity contribution in [1.82, 2.24) is 0 Å². The van der Waals surface area contributed by atoms with Crippen molar-refractivity contribution >= 4 is 0 Å². The van der Waals surface area contributed by atoms with Gasteiger partial charge in [0.05, 0.1) is 0 Å². The van der Waals surface area contributed by atoms with Crippen LogP contribution in [-0.2, 0) is 0 Å². The van der Waals surface area contributed by atoms with Crippen LogP contribution >= 0.6 is 0 Å². The third kappa shape index (κ3) is 2.28. The number of hydrogen-bond acceptors (Lipinski definition) is 0. The summed E-state index contributed by atoms with van der Waals surface area (Å²) in [5.74, 6) is -5.43. The first-order valence-corrected chi connectivity index (χ1v) is 2.07. The number of allylic oxidation sites excluding steroid dienone is 2. The van der Waals surface area contributed by atoms with E-state index in [1.54, 1.807) is 0 Å². The Morgan fingerprint density at radius 3 is 1.60 bits per heavy atom. The van der Waals surface area contributed by atoms with Gasteiger partial charge >= 0.3 is 6.18 Å². The summed E-state index contributed by atoms with van der Waals surface area (Å²) in [5, 5.41) is 0. The van der Waals surface area contributed by atoms with Crippen LogP contribution in [0, 0.1) is 0 Å². The fraction of sp³-hybridized carbons (Fsp3) is 0.500. The molecule has 0 bridgehead atoms. The Morgan fingerprint density at radius 1 is 1.10 bits per heavy atom. The van der Waals surface area contributed by atoms with Gasteiger partial charge in [-0.2, -0.15) is 17.6 Å². The van der Waals surface area contributed by atoms with E-state index in [2.05, 4.69) is 0 Å². The minimum absolute atomic E-state index is 2.08. The average molecular weight is 164 g/mol. The quantitative estimate of drug-likeness (QED) is 0.522. The van der Waals surface area contributed by atoms with Gasteiger partial charge < -0.3 is 0 Å². The number of rotatable bonds is 1. The summed E-state index contributed by atoms with van der Waals surface area (Å²) in [6, 6.07) is 0. The molecule has 0 aliphatic rings. The summed E-state index contributed by atoms with van der Waals surface area (Å²) in [4.78, 5) is 0. The van der Waals surface area contributed by atoms with Gasteiger partial charge in [0.25, 0.3) is 0 Å². The topological polar surface area (TPSA) is 0 Å². The van der Waals surface area contributed by atoms with Crippen LogP contribution in [0.4, 0.5) is 26.3 Å². The van der Waals surface area contributed by atoms with Crippen LogP contribution in [0.1, 0.15) is 0 Å². The highest BCUT2D eigenvalue weighted by Gasteiger charge is 2.37. The predicted molar refractivity (Wildman–Crippen MR) is 21.3 cm³/mol. The van der Waals surface area contributed by atoms with E-state index < -0.39 is 24.5 Å². The van der Waals surface area contributed by atoms with Gasteiger partial charge in [-0.1, -0.05) is 0 Å². The monoisotopic (exact) mass is 164 g/mol. The largest absolute Gasteiger partial charge is 0.445 e. The fourth-order valence-corrected chi connectivity index (χ4v) is 0.212. The Hall–Kier alpha value is -0.680. The zero-order valence-corrected chi connectivity index (χ0v) is 4.47. The number of halogens is 6. The molecule has 0 aromatic rings. The molecule has 0 nitrogen and oxygen atoms in total. The van der Waals surface area contributed by atoms with E-state index in [1.807, 2.05) is 0 Å². The van der Waals surface area contributed by atoms with Gasteiger partial charge in [-0.15, -0.1) is 0 Å². The zero-order chi connectivity index (χ0) is 8.36. The molecular formula is C4H2F6. The van der Waals surface area contributed by atoms with Crippen LogP contribution in [-0.4, -0.2) is 12.9 Å². The van der Waals surface area contributed by atoms with Gasteiger partial charge in [0.2, 0.25) is 5.83 Å². The standard InChI is InChI=1S/C4H2F6/c5-1-2(6)3(7)4(8,9)10/h1H2/b3-2+. The maximum Gasteiger partial charge on any atom is 0.445 e. The third-order valence-corrected chi connectivity index (χ3v) is 0.604. The summed E-state index contributed by atoms with van der Waals surface area (Å²) in [6.45, 7) is -2.08. The van der Waals surface area contributed by atoms with Crippen LogP contribution in [0.3, 0.4) is 0 Å². The van der Waals surface area contributed by atoms with Crippen LogP contribution in [0.15, 0.2) is 11.7 Å². The number of alkyl halides is 4. The van der Waals surface area contributed by atoms with Crippen molar-refractivity contribution in [3.8, 4) is 0 Å². The second-order valence-corrected chi connectivity index (χ2v) is 1.35. The molecule has 60 valence electrons. The molecule has 0 atom stereocenters. The molecule has 10 heavy (non-hydrogen) atoms. The van der Waals surface area contributed by atoms with E-state index in [0.29, 0.717) is 0 Å². The molecule has 0 N–H and O–H groups in total. The van der Waals surface area contributed by atoms with E-state index in [4.69, 9.17) is 0 Å². The highest BCUT2D eigenvalue weighted by molar-refractivity contribution is 5.05. The van der Waals surface area contributed by atoms with Crippen molar-refractivity contribution < 1.29 is 26.3 Å². The Kier molecular flexibility index (Phi) is 2.74. The summed E-state index contributed by atoms with van der Waals surface area (Å²) < 4.78 is 67.0. The molecule has 6 heteroatoms. The lowest BCUT2D eigenvalue weighted by Gasteiger charge is -2.01. The van der Waals surface area contributed by atoms with E-state index in [1.165, 1.54) is 0 Å². The molecule has 0 aliphatic carbocycles. The lowest BCUT2D eigenvalue weighted by molar-refractivity contribution is -0.111. The average Bonchev–Trinajstić information content (AvgIpc) is 1.83. The molecule has 0 radical (unpaired) electrons. The summed E-state index contributed by atoms with van der Waals surface area (Å²) in [7, 11) is 0. The zero-order valence-electron chi connectivity index (χ0n) is 4.47. The molecule has 0 aromatic carbocycles. The Bertz CT molecular complexity index is 142. The molecule has 0 saturated carbocycles. The second-order valence-electron chi connectivity index (χ2n) is 1.35. The molecule has 0 saturated heterocycles. The molecule has 0 rings (SSSR count). The molecule has 0 unspecified atom stereocenters. The Balaban J connectivity index is 4.47. The first-order valence-electron chi connectivity index (χ1n) is 2.07. The third-order valence-electron chi connectivity index (χ3n) is 0.604. The van der Waals surface area contributed by atoms with Gasteiger partial charge in [0.1, 0.15) is 6.67 Å². The van der Waals surface area contributed by atoms with Gasteiger partial charge in [0, 0.05) is 0 Å². The highest BCUT2D eigenvalue weighted by Crippen LogP contribution is 2.29. The van der Waals surface area contributed by atoms with Gasteiger partial charge in [-0.05, 0) is 0 Å². The van der Waals surface area contributed by atoms with Crippen molar-refractivity contribution in [2.24, 2.45) is 0 Å². The van der Waals surface area contributed by atoms with Gasteiger partial charge in [0.15, 0.2) is 5.83 Å². The Morgan fingerprint density at radius 2 is 1.50 bits per heavy atom. The van der Waals surface area contributed by atoms with E-state index in [0.717, 1.165) is 0 Å². The minimum atomic E-state index is -5.42. The first-order chi connectivity index (χ1) is 4.39. The lowest BCUT2D eigenvalue weighted by atomic mass is 10.4. The maximum atomic E-state index is 11.4. The van der Waals surface area contributed by atoms with Gasteiger partial charge in [-0.25, -0.2) is 8.78 Å². The fourth-order valence-electron chi connectivity index (χ4n) is 0.212. The Labute approximate surface area is 52.1 Å². The summed E-state index contributed by atoms with van der Waals surface area (Å²) in [6.07, 6.45) is -5.42. The van der Waals surface area contributed by atoms with Crippen LogP contribution in [0.5, 0.6) is 0 Å². The van der Waals surface area contributed by atoms with Crippen molar-refractivity contribution in [2.45, 2.75) is 6.18 Å².